The quantitative estimate of drug-likeness (QED) is 0.628. The maximum absolute atomic E-state index is 12.2. The number of hydrogen-bond donors (Lipinski definition) is 0. The minimum absolute atomic E-state index is 0.0980. The first kappa shape index (κ1) is 14.5. The summed E-state index contributed by atoms with van der Waals surface area (Å²) in [5, 5.41) is 0. The van der Waals surface area contributed by atoms with Gasteiger partial charge in [0.25, 0.3) is 0 Å². The van der Waals surface area contributed by atoms with E-state index in [1.165, 1.54) is 26.0 Å². The molecule has 1 atom stereocenters. The number of benzene rings is 1. The standard InChI is InChI=1S/C14H14O5S/c1-4-11(16)19-12-7-8(15)13-9(17-2)5-6-10(18-3)14(13)20-12/h4-6,12H,1,7H2,2-3H3. The zero-order chi connectivity index (χ0) is 14.7. The number of methoxy groups -OCH3 is 2. The molecule has 0 N–H and O–H groups in total. The van der Waals surface area contributed by atoms with Crippen molar-refractivity contribution in [2.45, 2.75) is 16.8 Å². The molecule has 106 valence electrons. The van der Waals surface area contributed by atoms with Gasteiger partial charge >= 0.3 is 5.97 Å². The molecule has 0 saturated heterocycles. The summed E-state index contributed by atoms with van der Waals surface area (Å²) in [5.74, 6) is 0.349. The first-order chi connectivity index (χ1) is 9.60. The number of hydrogen-bond acceptors (Lipinski definition) is 6. The predicted molar refractivity (Wildman–Crippen MR) is 74.4 cm³/mol. The van der Waals surface area contributed by atoms with Gasteiger partial charge in [0, 0.05) is 6.08 Å². The predicted octanol–water partition coefficient (Wildman–Crippen LogP) is 2.44. The fourth-order valence-corrected chi connectivity index (χ4v) is 3.17. The van der Waals surface area contributed by atoms with Crippen molar-refractivity contribution >= 4 is 23.5 Å². The largest absolute Gasteiger partial charge is 0.496 e. The van der Waals surface area contributed by atoms with Gasteiger partial charge in [-0.25, -0.2) is 4.79 Å². The first-order valence-corrected chi connectivity index (χ1v) is 6.76. The van der Waals surface area contributed by atoms with Crippen LogP contribution in [0.3, 0.4) is 0 Å². The molecule has 0 fully saturated rings. The van der Waals surface area contributed by atoms with E-state index < -0.39 is 11.4 Å². The maximum Gasteiger partial charge on any atom is 0.331 e. The summed E-state index contributed by atoms with van der Waals surface area (Å²) >= 11 is 1.27. The summed E-state index contributed by atoms with van der Waals surface area (Å²) in [6, 6.07) is 3.40. The monoisotopic (exact) mass is 294 g/mol. The van der Waals surface area contributed by atoms with Crippen LogP contribution in [0.4, 0.5) is 0 Å². The molecule has 0 aromatic heterocycles. The average molecular weight is 294 g/mol. The van der Waals surface area contributed by atoms with Crippen molar-refractivity contribution in [2.75, 3.05) is 14.2 Å². The minimum atomic E-state index is -0.582. The van der Waals surface area contributed by atoms with Crippen molar-refractivity contribution in [2.24, 2.45) is 0 Å². The highest BCUT2D eigenvalue weighted by Gasteiger charge is 2.33. The van der Waals surface area contributed by atoms with Crippen molar-refractivity contribution in [1.29, 1.82) is 0 Å². The number of Topliss-reactive ketones (excluding diaryl/α,β-unsaturated/α-hetero) is 1. The molecule has 20 heavy (non-hydrogen) atoms. The van der Waals surface area contributed by atoms with Gasteiger partial charge in [-0.2, -0.15) is 0 Å². The van der Waals surface area contributed by atoms with Crippen LogP contribution in [0, 0.1) is 0 Å². The molecule has 0 bridgehead atoms. The Labute approximate surface area is 120 Å². The number of carbonyl (C=O) groups is 2. The van der Waals surface area contributed by atoms with E-state index in [0.29, 0.717) is 22.0 Å². The van der Waals surface area contributed by atoms with Gasteiger partial charge in [-0.15, -0.1) is 0 Å². The average Bonchev–Trinajstić information content (AvgIpc) is 2.45. The number of esters is 1. The first-order valence-electron chi connectivity index (χ1n) is 5.88. The third kappa shape index (κ3) is 2.65. The molecule has 1 aliphatic rings. The normalized spacial score (nSPS) is 17.1. The minimum Gasteiger partial charge on any atom is -0.496 e. The van der Waals surface area contributed by atoms with Crippen LogP contribution in [0.5, 0.6) is 11.5 Å². The van der Waals surface area contributed by atoms with Gasteiger partial charge in [0.2, 0.25) is 0 Å². The number of ether oxygens (including phenoxy) is 3. The van der Waals surface area contributed by atoms with Crippen molar-refractivity contribution < 1.29 is 23.8 Å². The molecule has 1 aromatic carbocycles. The summed E-state index contributed by atoms with van der Waals surface area (Å²) in [5.41, 5.74) is -0.107. The van der Waals surface area contributed by atoms with Crippen LogP contribution in [-0.2, 0) is 9.53 Å². The number of ketones is 1. The molecule has 1 aliphatic heterocycles. The summed E-state index contributed by atoms with van der Waals surface area (Å²) in [6.07, 6.45) is 1.17. The summed E-state index contributed by atoms with van der Waals surface area (Å²) in [4.78, 5) is 24.1. The van der Waals surface area contributed by atoms with Gasteiger partial charge in [0.1, 0.15) is 11.5 Å². The second-order valence-corrected chi connectivity index (χ2v) is 5.16. The molecule has 2 rings (SSSR count). The maximum atomic E-state index is 12.2. The van der Waals surface area contributed by atoms with Crippen LogP contribution in [0.1, 0.15) is 16.8 Å². The van der Waals surface area contributed by atoms with Crippen LogP contribution in [0.25, 0.3) is 0 Å². The Bertz CT molecular complexity index is 567. The molecule has 1 aromatic rings. The van der Waals surface area contributed by atoms with Crippen molar-refractivity contribution in [1.82, 2.24) is 0 Å². The van der Waals surface area contributed by atoms with Crippen LogP contribution in [-0.4, -0.2) is 31.4 Å². The van der Waals surface area contributed by atoms with Gasteiger partial charge in [0.05, 0.1) is 31.1 Å². The highest BCUT2D eigenvalue weighted by molar-refractivity contribution is 8.00. The Morgan fingerprint density at radius 3 is 2.60 bits per heavy atom. The van der Waals surface area contributed by atoms with Crippen molar-refractivity contribution in [3.63, 3.8) is 0 Å². The van der Waals surface area contributed by atoms with Gasteiger partial charge in [-0.1, -0.05) is 18.3 Å². The number of rotatable bonds is 4. The zero-order valence-corrected chi connectivity index (χ0v) is 12.0. The molecule has 0 spiro atoms. The lowest BCUT2D eigenvalue weighted by Gasteiger charge is -2.25. The molecule has 0 aliphatic carbocycles. The van der Waals surface area contributed by atoms with Crippen LogP contribution < -0.4 is 9.47 Å². The Balaban J connectivity index is 2.40. The lowest BCUT2D eigenvalue weighted by molar-refractivity contribution is -0.139. The smallest absolute Gasteiger partial charge is 0.331 e. The molecule has 1 unspecified atom stereocenters. The lowest BCUT2D eigenvalue weighted by Crippen LogP contribution is -2.23. The second-order valence-electron chi connectivity index (χ2n) is 3.99. The Hall–Kier alpha value is -1.95. The van der Waals surface area contributed by atoms with Crippen LogP contribution in [0.2, 0.25) is 0 Å². The van der Waals surface area contributed by atoms with E-state index in [1.54, 1.807) is 12.1 Å². The molecule has 6 heteroatoms. The van der Waals surface area contributed by atoms with Crippen molar-refractivity contribution in [3.8, 4) is 11.5 Å². The molecule has 0 saturated carbocycles. The summed E-state index contributed by atoms with van der Waals surface area (Å²) in [6.45, 7) is 3.34. The number of thioether (sulfide) groups is 1. The summed E-state index contributed by atoms with van der Waals surface area (Å²) in [7, 11) is 3.02. The molecule has 5 nitrogen and oxygen atoms in total. The molecule has 1 heterocycles. The highest BCUT2D eigenvalue weighted by atomic mass is 32.2. The van der Waals surface area contributed by atoms with E-state index in [-0.39, 0.29) is 12.2 Å². The fraction of sp³-hybridized carbons (Fsp3) is 0.286. The van der Waals surface area contributed by atoms with Gasteiger partial charge < -0.3 is 14.2 Å². The lowest BCUT2D eigenvalue weighted by atomic mass is 10.1. The van der Waals surface area contributed by atoms with Gasteiger partial charge in [-0.05, 0) is 12.1 Å². The Kier molecular flexibility index (Phi) is 4.34. The van der Waals surface area contributed by atoms with Crippen molar-refractivity contribution in [3.05, 3.63) is 30.4 Å². The van der Waals surface area contributed by atoms with Crippen LogP contribution in [0.15, 0.2) is 29.7 Å². The molecular weight excluding hydrogens is 280 g/mol. The van der Waals surface area contributed by atoms with E-state index in [2.05, 4.69) is 6.58 Å². The molecule has 0 amide bonds. The molecular formula is C14H14O5S. The van der Waals surface area contributed by atoms with E-state index in [0.717, 1.165) is 6.08 Å². The Morgan fingerprint density at radius 2 is 2.00 bits per heavy atom. The number of carbonyl (C=O) groups excluding carboxylic acids is 2. The second kappa shape index (κ2) is 6.00. The van der Waals surface area contributed by atoms with Gasteiger partial charge in [0.15, 0.2) is 11.2 Å². The van der Waals surface area contributed by atoms with Gasteiger partial charge in [-0.3, -0.25) is 4.79 Å². The SMILES string of the molecule is C=CC(=O)OC1CC(=O)c2c(OC)ccc(OC)c2S1. The summed E-state index contributed by atoms with van der Waals surface area (Å²) < 4.78 is 15.6. The highest BCUT2D eigenvalue weighted by Crippen LogP contribution is 2.45. The fourth-order valence-electron chi connectivity index (χ4n) is 1.93. The third-order valence-corrected chi connectivity index (χ3v) is 3.98. The van der Waals surface area contributed by atoms with E-state index in [9.17, 15) is 9.59 Å². The number of fused-ring (bicyclic) bond motifs is 1. The third-order valence-electron chi connectivity index (χ3n) is 2.82. The topological polar surface area (TPSA) is 61.8 Å². The van der Waals surface area contributed by atoms with E-state index >= 15 is 0 Å². The zero-order valence-electron chi connectivity index (χ0n) is 11.2. The van der Waals surface area contributed by atoms with E-state index in [1.807, 2.05) is 0 Å². The Morgan fingerprint density at radius 1 is 1.35 bits per heavy atom. The van der Waals surface area contributed by atoms with Crippen LogP contribution >= 0.6 is 11.8 Å². The molecule has 0 radical (unpaired) electrons. The van der Waals surface area contributed by atoms with E-state index in [4.69, 9.17) is 14.2 Å².